The minimum absolute atomic E-state index is 0.259. The second-order valence-corrected chi connectivity index (χ2v) is 6.31. The highest BCUT2D eigenvalue weighted by Gasteiger charge is 2.17. The molecule has 0 aromatic carbocycles. The molecule has 112 valence electrons. The summed E-state index contributed by atoms with van der Waals surface area (Å²) in [5.74, 6) is -0.259. The molecule has 1 aliphatic carbocycles. The number of nitrogens with zero attached hydrogens (tertiary/aromatic N) is 2. The third-order valence-electron chi connectivity index (χ3n) is 3.70. The second kappa shape index (κ2) is 7.78. The van der Waals surface area contributed by atoms with Gasteiger partial charge in [-0.25, -0.2) is 0 Å². The number of carbonyl (C=O) groups is 1. The van der Waals surface area contributed by atoms with Crippen molar-refractivity contribution in [2.75, 3.05) is 13.7 Å². The molecule has 1 saturated carbocycles. The van der Waals surface area contributed by atoms with Gasteiger partial charge in [0.15, 0.2) is 0 Å². The lowest BCUT2D eigenvalue weighted by molar-refractivity contribution is -0.139. The van der Waals surface area contributed by atoms with Gasteiger partial charge in [-0.05, 0) is 18.9 Å². The Hall–Kier alpha value is -0.880. The molecule has 0 saturated heterocycles. The van der Waals surface area contributed by atoms with Gasteiger partial charge in [-0.15, -0.1) is 0 Å². The molecule has 2 rings (SSSR count). The highest BCUT2D eigenvalue weighted by atomic mass is 79.9. The number of hydrogen-bond acceptors (Lipinski definition) is 4. The highest BCUT2D eigenvalue weighted by molar-refractivity contribution is 9.10. The first-order valence-electron chi connectivity index (χ1n) is 7.17. The van der Waals surface area contributed by atoms with E-state index in [4.69, 9.17) is 0 Å². The van der Waals surface area contributed by atoms with Crippen LogP contribution in [0.1, 0.15) is 43.8 Å². The molecule has 1 heterocycles. The van der Waals surface area contributed by atoms with Crippen LogP contribution in [-0.2, 0) is 16.1 Å². The molecule has 0 bridgehead atoms. The molecular formula is C14H22BrN3O2. The van der Waals surface area contributed by atoms with Gasteiger partial charge in [-0.2, -0.15) is 5.10 Å². The van der Waals surface area contributed by atoms with Crippen LogP contribution in [0.15, 0.2) is 12.3 Å². The molecule has 0 aliphatic heterocycles. The molecule has 1 aromatic heterocycles. The minimum Gasteiger partial charge on any atom is -0.468 e. The van der Waals surface area contributed by atoms with Crippen molar-refractivity contribution < 1.29 is 9.53 Å². The number of halogens is 1. The predicted molar refractivity (Wildman–Crippen MR) is 80.8 cm³/mol. The van der Waals surface area contributed by atoms with Gasteiger partial charge in [-0.1, -0.05) is 35.2 Å². The first-order chi connectivity index (χ1) is 9.70. The van der Waals surface area contributed by atoms with E-state index in [0.717, 1.165) is 5.69 Å². The van der Waals surface area contributed by atoms with Gasteiger partial charge in [-0.3, -0.25) is 9.48 Å². The fraction of sp³-hybridized carbons (Fsp3) is 0.714. The van der Waals surface area contributed by atoms with Crippen LogP contribution in [-0.4, -0.2) is 34.2 Å². The Balaban J connectivity index is 1.76. The zero-order valence-electron chi connectivity index (χ0n) is 11.8. The van der Waals surface area contributed by atoms with Crippen LogP contribution >= 0.6 is 15.9 Å². The van der Waals surface area contributed by atoms with Crippen molar-refractivity contribution in [3.05, 3.63) is 18.0 Å². The van der Waals surface area contributed by atoms with Crippen molar-refractivity contribution in [2.45, 2.75) is 49.5 Å². The summed E-state index contributed by atoms with van der Waals surface area (Å²) in [5, 5.41) is 7.83. The van der Waals surface area contributed by atoms with Crippen molar-refractivity contribution in [2.24, 2.45) is 0 Å². The van der Waals surface area contributed by atoms with Crippen LogP contribution in [0, 0.1) is 0 Å². The van der Waals surface area contributed by atoms with E-state index in [2.05, 4.69) is 42.0 Å². The normalized spacial score (nSPS) is 17.9. The van der Waals surface area contributed by atoms with Crippen molar-refractivity contribution in [1.29, 1.82) is 0 Å². The summed E-state index contributed by atoms with van der Waals surface area (Å²) in [7, 11) is 1.39. The third kappa shape index (κ3) is 4.31. The zero-order valence-corrected chi connectivity index (χ0v) is 13.4. The van der Waals surface area contributed by atoms with Crippen LogP contribution in [0.4, 0.5) is 0 Å². The molecule has 1 fully saturated rings. The Morgan fingerprint density at radius 2 is 2.30 bits per heavy atom. The maximum Gasteiger partial charge on any atom is 0.320 e. The summed E-state index contributed by atoms with van der Waals surface area (Å²) in [4.78, 5) is 10.9. The van der Waals surface area contributed by atoms with Crippen LogP contribution in [0.2, 0.25) is 0 Å². The molecule has 0 amide bonds. The molecule has 6 heteroatoms. The number of esters is 1. The standard InChI is InChI=1S/C14H22BrN3O2/c1-20-14(19)13(15)10-16-9-11-7-8-18(17-11)12-5-3-2-4-6-12/h7-8,12-13,16H,2-6,9-10H2,1H3. The zero-order chi connectivity index (χ0) is 14.4. The molecule has 0 radical (unpaired) electrons. The monoisotopic (exact) mass is 343 g/mol. The summed E-state index contributed by atoms with van der Waals surface area (Å²) in [5.41, 5.74) is 1.01. The quantitative estimate of drug-likeness (QED) is 0.636. The van der Waals surface area contributed by atoms with Crippen LogP contribution in [0.3, 0.4) is 0 Å². The third-order valence-corrected chi connectivity index (χ3v) is 4.40. The largest absolute Gasteiger partial charge is 0.468 e. The van der Waals surface area contributed by atoms with E-state index in [1.807, 2.05) is 6.07 Å². The predicted octanol–water partition coefficient (Wildman–Crippen LogP) is 2.41. The van der Waals surface area contributed by atoms with E-state index in [-0.39, 0.29) is 10.8 Å². The van der Waals surface area contributed by atoms with Gasteiger partial charge >= 0.3 is 5.97 Å². The van der Waals surface area contributed by atoms with Gasteiger partial charge in [0.2, 0.25) is 0 Å². The number of aromatic nitrogens is 2. The van der Waals surface area contributed by atoms with Crippen molar-refractivity contribution in [3.63, 3.8) is 0 Å². The number of ether oxygens (including phenoxy) is 1. The summed E-state index contributed by atoms with van der Waals surface area (Å²) < 4.78 is 6.75. The average molecular weight is 344 g/mol. The van der Waals surface area contributed by atoms with Gasteiger partial charge in [0.25, 0.3) is 0 Å². The van der Waals surface area contributed by atoms with E-state index in [0.29, 0.717) is 19.1 Å². The number of hydrogen-bond donors (Lipinski definition) is 1. The van der Waals surface area contributed by atoms with E-state index >= 15 is 0 Å². The summed E-state index contributed by atoms with van der Waals surface area (Å²) in [6.45, 7) is 1.20. The van der Waals surface area contributed by atoms with Crippen LogP contribution in [0.5, 0.6) is 0 Å². The number of alkyl halides is 1. The Labute approximate surface area is 128 Å². The van der Waals surface area contributed by atoms with Crippen molar-refractivity contribution in [1.82, 2.24) is 15.1 Å². The van der Waals surface area contributed by atoms with Gasteiger partial charge < -0.3 is 10.1 Å². The molecule has 20 heavy (non-hydrogen) atoms. The average Bonchev–Trinajstić information content (AvgIpc) is 2.96. The van der Waals surface area contributed by atoms with Crippen LogP contribution in [0.25, 0.3) is 0 Å². The topological polar surface area (TPSA) is 56.1 Å². The Morgan fingerprint density at radius 3 is 3.00 bits per heavy atom. The van der Waals surface area contributed by atoms with Crippen molar-refractivity contribution >= 4 is 21.9 Å². The molecule has 1 N–H and O–H groups in total. The first-order valence-corrected chi connectivity index (χ1v) is 8.09. The molecule has 1 unspecified atom stereocenters. The number of rotatable bonds is 6. The number of methoxy groups -OCH3 is 1. The lowest BCUT2D eigenvalue weighted by atomic mass is 9.96. The summed E-state index contributed by atoms with van der Waals surface area (Å²) >= 11 is 3.28. The maximum absolute atomic E-state index is 11.2. The van der Waals surface area contributed by atoms with E-state index in [9.17, 15) is 4.79 Å². The van der Waals surface area contributed by atoms with E-state index < -0.39 is 0 Å². The Bertz CT molecular complexity index is 430. The molecular weight excluding hydrogens is 322 g/mol. The molecule has 1 atom stereocenters. The Morgan fingerprint density at radius 1 is 1.55 bits per heavy atom. The van der Waals surface area contributed by atoms with E-state index in [1.54, 1.807) is 0 Å². The van der Waals surface area contributed by atoms with Gasteiger partial charge in [0.05, 0.1) is 18.8 Å². The van der Waals surface area contributed by atoms with Gasteiger partial charge in [0.1, 0.15) is 4.83 Å². The minimum atomic E-state index is -0.312. The molecule has 1 aliphatic rings. The molecule has 1 aromatic rings. The molecule has 0 spiro atoms. The summed E-state index contributed by atoms with van der Waals surface area (Å²) in [6, 6.07) is 2.61. The highest BCUT2D eigenvalue weighted by Crippen LogP contribution is 2.27. The van der Waals surface area contributed by atoms with Gasteiger partial charge in [0, 0.05) is 19.3 Å². The maximum atomic E-state index is 11.2. The lowest BCUT2D eigenvalue weighted by Gasteiger charge is -2.21. The fourth-order valence-electron chi connectivity index (χ4n) is 2.56. The first kappa shape index (κ1) is 15.5. The smallest absolute Gasteiger partial charge is 0.320 e. The lowest BCUT2D eigenvalue weighted by Crippen LogP contribution is -2.29. The number of nitrogens with one attached hydrogen (secondary N) is 1. The second-order valence-electron chi connectivity index (χ2n) is 5.20. The number of carbonyl (C=O) groups excluding carboxylic acids is 1. The summed E-state index contributed by atoms with van der Waals surface area (Å²) in [6.07, 6.45) is 8.51. The van der Waals surface area contributed by atoms with Crippen LogP contribution < -0.4 is 5.32 Å². The Kier molecular flexibility index (Phi) is 6.04. The fourth-order valence-corrected chi connectivity index (χ4v) is 2.97. The van der Waals surface area contributed by atoms with E-state index in [1.165, 1.54) is 39.2 Å². The molecule has 5 nitrogen and oxygen atoms in total. The SMILES string of the molecule is COC(=O)C(Br)CNCc1ccn(C2CCCCC2)n1. The van der Waals surface area contributed by atoms with Crippen molar-refractivity contribution in [3.8, 4) is 0 Å².